The maximum absolute atomic E-state index is 13.3. The van der Waals surface area contributed by atoms with E-state index in [0.29, 0.717) is 27.0 Å². The van der Waals surface area contributed by atoms with E-state index in [0.717, 1.165) is 16.0 Å². The molecule has 4 nitrogen and oxygen atoms in total. The van der Waals surface area contributed by atoms with Gasteiger partial charge in [0.1, 0.15) is 5.25 Å². The Morgan fingerprint density at radius 2 is 1.46 bits per heavy atom. The van der Waals surface area contributed by atoms with Crippen molar-refractivity contribution in [1.82, 2.24) is 0 Å². The molecule has 0 aromatic heterocycles. The van der Waals surface area contributed by atoms with Gasteiger partial charge in [0.2, 0.25) is 5.91 Å². The zero-order valence-corrected chi connectivity index (χ0v) is 21.1. The Hall–Kier alpha value is -3.25. The van der Waals surface area contributed by atoms with Crippen LogP contribution in [-0.2, 0) is 4.79 Å². The summed E-state index contributed by atoms with van der Waals surface area (Å²) in [5.41, 5.74) is 3.59. The van der Waals surface area contributed by atoms with Crippen LogP contribution in [0, 0.1) is 6.92 Å². The fraction of sp³-hybridized carbons (Fsp3) is 0.0714. The Labute approximate surface area is 218 Å². The second-order valence-electron chi connectivity index (χ2n) is 7.82. The van der Waals surface area contributed by atoms with Crippen LogP contribution in [0.3, 0.4) is 0 Å². The van der Waals surface area contributed by atoms with Gasteiger partial charge < -0.3 is 10.6 Å². The highest BCUT2D eigenvalue weighted by Crippen LogP contribution is 2.37. The Morgan fingerprint density at radius 1 is 0.743 bits per heavy atom. The van der Waals surface area contributed by atoms with Crippen molar-refractivity contribution in [2.75, 3.05) is 10.6 Å². The van der Waals surface area contributed by atoms with Crippen molar-refractivity contribution in [3.63, 3.8) is 0 Å². The molecule has 0 fully saturated rings. The molecule has 1 atom stereocenters. The molecule has 4 aromatic rings. The molecule has 4 aromatic carbocycles. The van der Waals surface area contributed by atoms with E-state index in [1.807, 2.05) is 79.7 Å². The Kier molecular flexibility index (Phi) is 8.13. The van der Waals surface area contributed by atoms with Crippen LogP contribution in [-0.4, -0.2) is 11.8 Å². The molecule has 35 heavy (non-hydrogen) atoms. The van der Waals surface area contributed by atoms with Gasteiger partial charge in [0.25, 0.3) is 5.91 Å². The first kappa shape index (κ1) is 24.9. The number of amides is 2. The third-order valence-electron chi connectivity index (χ3n) is 5.26. The van der Waals surface area contributed by atoms with Crippen molar-refractivity contribution in [3.8, 4) is 0 Å². The van der Waals surface area contributed by atoms with E-state index >= 15 is 0 Å². The minimum atomic E-state index is -0.534. The minimum absolute atomic E-state index is 0.179. The van der Waals surface area contributed by atoms with Crippen molar-refractivity contribution in [2.24, 2.45) is 0 Å². The number of halogens is 2. The van der Waals surface area contributed by atoms with Gasteiger partial charge in [-0.2, -0.15) is 0 Å². The van der Waals surface area contributed by atoms with Crippen LogP contribution in [0.1, 0.15) is 26.7 Å². The zero-order valence-electron chi connectivity index (χ0n) is 18.8. The number of aryl methyl sites for hydroxylation is 1. The summed E-state index contributed by atoms with van der Waals surface area (Å²) in [7, 11) is 0. The van der Waals surface area contributed by atoms with Gasteiger partial charge in [-0.25, -0.2) is 0 Å². The largest absolute Gasteiger partial charge is 0.325 e. The van der Waals surface area contributed by atoms with Crippen LogP contribution in [0.2, 0.25) is 10.0 Å². The average molecular weight is 521 g/mol. The van der Waals surface area contributed by atoms with Gasteiger partial charge in [0.15, 0.2) is 0 Å². The Morgan fingerprint density at radius 3 is 2.20 bits per heavy atom. The van der Waals surface area contributed by atoms with Crippen LogP contribution in [0.4, 0.5) is 11.4 Å². The quantitative estimate of drug-likeness (QED) is 0.242. The highest BCUT2D eigenvalue weighted by molar-refractivity contribution is 8.00. The van der Waals surface area contributed by atoms with Crippen LogP contribution >= 0.6 is 35.0 Å². The summed E-state index contributed by atoms with van der Waals surface area (Å²) in [6, 6.07) is 29.4. The number of hydrogen-bond donors (Lipinski definition) is 2. The maximum atomic E-state index is 13.3. The molecular weight excluding hydrogens is 499 g/mol. The first-order chi connectivity index (χ1) is 16.9. The highest BCUT2D eigenvalue weighted by atomic mass is 35.5. The number of thioether (sulfide) groups is 1. The molecule has 0 saturated carbocycles. The van der Waals surface area contributed by atoms with E-state index < -0.39 is 5.25 Å². The third kappa shape index (κ3) is 6.45. The Bertz CT molecular complexity index is 1360. The van der Waals surface area contributed by atoms with Crippen molar-refractivity contribution in [3.05, 3.63) is 124 Å². The molecule has 0 aliphatic rings. The summed E-state index contributed by atoms with van der Waals surface area (Å²) in [6.07, 6.45) is 0. The molecule has 0 spiro atoms. The molecule has 0 saturated heterocycles. The van der Waals surface area contributed by atoms with E-state index in [1.165, 1.54) is 11.8 Å². The molecule has 0 heterocycles. The fourth-order valence-electron chi connectivity index (χ4n) is 3.49. The topological polar surface area (TPSA) is 58.2 Å². The van der Waals surface area contributed by atoms with Gasteiger partial charge in [-0.15, -0.1) is 11.8 Å². The van der Waals surface area contributed by atoms with Gasteiger partial charge in [-0.3, -0.25) is 9.59 Å². The van der Waals surface area contributed by atoms with Gasteiger partial charge in [0.05, 0.1) is 10.0 Å². The summed E-state index contributed by atoms with van der Waals surface area (Å²) < 4.78 is 0. The smallest absolute Gasteiger partial charge is 0.255 e. The summed E-state index contributed by atoms with van der Waals surface area (Å²) in [6.45, 7) is 1.90. The van der Waals surface area contributed by atoms with E-state index in [1.54, 1.807) is 24.3 Å². The predicted octanol–water partition coefficient (Wildman–Crippen LogP) is 8.03. The SMILES string of the molecule is Cc1ccccc1C(=O)Nc1cccc(SC(C(=O)Nc2ccc(Cl)c(Cl)c2)c2ccccc2)c1. The summed E-state index contributed by atoms with van der Waals surface area (Å²) >= 11 is 13.5. The lowest BCUT2D eigenvalue weighted by atomic mass is 10.1. The summed E-state index contributed by atoms with van der Waals surface area (Å²) in [4.78, 5) is 26.9. The van der Waals surface area contributed by atoms with Crippen LogP contribution in [0.15, 0.2) is 102 Å². The molecular formula is C28H22Cl2N2O2S. The first-order valence-corrected chi connectivity index (χ1v) is 12.5. The number of carbonyl (C=O) groups excluding carboxylic acids is 2. The minimum Gasteiger partial charge on any atom is -0.325 e. The number of benzene rings is 4. The number of carbonyl (C=O) groups is 2. The van der Waals surface area contributed by atoms with Crippen LogP contribution in [0.25, 0.3) is 0 Å². The lowest BCUT2D eigenvalue weighted by Crippen LogP contribution is -2.19. The highest BCUT2D eigenvalue weighted by Gasteiger charge is 2.23. The predicted molar refractivity (Wildman–Crippen MR) is 146 cm³/mol. The van der Waals surface area contributed by atoms with Crippen molar-refractivity contribution >= 4 is 58.2 Å². The lowest BCUT2D eigenvalue weighted by molar-refractivity contribution is -0.115. The summed E-state index contributed by atoms with van der Waals surface area (Å²) in [5.74, 6) is -0.379. The van der Waals surface area contributed by atoms with Gasteiger partial charge in [-0.1, -0.05) is 77.8 Å². The molecule has 1 unspecified atom stereocenters. The molecule has 0 aliphatic carbocycles. The molecule has 0 radical (unpaired) electrons. The zero-order chi connectivity index (χ0) is 24.8. The van der Waals surface area contributed by atoms with E-state index in [-0.39, 0.29) is 11.8 Å². The van der Waals surface area contributed by atoms with E-state index in [9.17, 15) is 9.59 Å². The molecule has 0 aliphatic heterocycles. The molecule has 2 amide bonds. The number of anilines is 2. The van der Waals surface area contributed by atoms with Crippen LogP contribution in [0.5, 0.6) is 0 Å². The summed E-state index contributed by atoms with van der Waals surface area (Å²) in [5, 5.41) is 6.14. The van der Waals surface area contributed by atoms with Crippen molar-refractivity contribution in [1.29, 1.82) is 0 Å². The number of rotatable bonds is 7. The first-order valence-electron chi connectivity index (χ1n) is 10.9. The lowest BCUT2D eigenvalue weighted by Gasteiger charge is -2.18. The number of hydrogen-bond acceptors (Lipinski definition) is 3. The third-order valence-corrected chi connectivity index (χ3v) is 7.25. The molecule has 7 heteroatoms. The maximum Gasteiger partial charge on any atom is 0.255 e. The molecule has 176 valence electrons. The second-order valence-corrected chi connectivity index (χ2v) is 9.82. The van der Waals surface area contributed by atoms with Crippen LogP contribution < -0.4 is 10.6 Å². The van der Waals surface area contributed by atoms with Crippen molar-refractivity contribution < 1.29 is 9.59 Å². The van der Waals surface area contributed by atoms with Crippen molar-refractivity contribution in [2.45, 2.75) is 17.1 Å². The van der Waals surface area contributed by atoms with Gasteiger partial charge in [0, 0.05) is 21.8 Å². The second kappa shape index (κ2) is 11.5. The number of nitrogens with one attached hydrogen (secondary N) is 2. The van der Waals surface area contributed by atoms with E-state index in [2.05, 4.69) is 10.6 Å². The molecule has 2 N–H and O–H groups in total. The standard InChI is InChI=1S/C28H22Cl2N2O2S/c1-18-8-5-6-13-23(18)27(33)31-20-11-7-12-22(16-20)35-26(19-9-3-2-4-10-19)28(34)32-21-14-15-24(29)25(30)17-21/h2-17,26H,1H3,(H,31,33)(H,32,34). The monoisotopic (exact) mass is 520 g/mol. The fourth-order valence-corrected chi connectivity index (χ4v) is 4.87. The molecule has 4 rings (SSSR count). The van der Waals surface area contributed by atoms with Gasteiger partial charge >= 0.3 is 0 Å². The normalized spacial score (nSPS) is 11.5. The van der Waals surface area contributed by atoms with E-state index in [4.69, 9.17) is 23.2 Å². The average Bonchev–Trinajstić information content (AvgIpc) is 2.86. The molecule has 0 bridgehead atoms. The van der Waals surface area contributed by atoms with Gasteiger partial charge in [-0.05, 0) is 60.5 Å². The Balaban J connectivity index is 1.55.